The van der Waals surface area contributed by atoms with Gasteiger partial charge in [-0.3, -0.25) is 4.90 Å². The summed E-state index contributed by atoms with van der Waals surface area (Å²) in [6.45, 7) is 3.14. The molecule has 1 saturated heterocycles. The third kappa shape index (κ3) is 4.34. The van der Waals surface area contributed by atoms with Gasteiger partial charge in [0.1, 0.15) is 0 Å². The Morgan fingerprint density at radius 3 is 2.62 bits per heavy atom. The summed E-state index contributed by atoms with van der Waals surface area (Å²) in [7, 11) is 1.68. The first kappa shape index (κ1) is 16.9. The Morgan fingerprint density at radius 1 is 1.17 bits per heavy atom. The van der Waals surface area contributed by atoms with Crippen molar-refractivity contribution in [1.29, 1.82) is 0 Å². The topological polar surface area (TPSA) is 51.4 Å². The van der Waals surface area contributed by atoms with E-state index in [0.29, 0.717) is 5.92 Å². The fraction of sp³-hybridized carbons (Fsp3) is 0.450. The first-order chi connectivity index (χ1) is 11.8. The standard InChI is InChI=1S/C20H27N3O/c1-24-20-18(8-5-11-22-20)15-23-12-9-16(10-13-23)14-19(21)17-6-3-2-4-7-17/h2-8,11,16,19H,9-10,12-15,21H2,1H3. The number of rotatable bonds is 6. The van der Waals surface area contributed by atoms with Crippen molar-refractivity contribution in [1.82, 2.24) is 9.88 Å². The summed E-state index contributed by atoms with van der Waals surface area (Å²) in [5.41, 5.74) is 8.80. The lowest BCUT2D eigenvalue weighted by Gasteiger charge is -2.33. The maximum Gasteiger partial charge on any atom is 0.217 e. The molecule has 1 aliphatic heterocycles. The molecular formula is C20H27N3O. The molecule has 128 valence electrons. The third-order valence-electron chi connectivity index (χ3n) is 4.96. The van der Waals surface area contributed by atoms with E-state index in [2.05, 4.69) is 40.2 Å². The maximum absolute atomic E-state index is 6.38. The van der Waals surface area contributed by atoms with E-state index in [1.165, 1.54) is 24.0 Å². The molecule has 24 heavy (non-hydrogen) atoms. The summed E-state index contributed by atoms with van der Waals surface area (Å²) < 4.78 is 5.36. The first-order valence-electron chi connectivity index (χ1n) is 8.77. The molecule has 2 heterocycles. The number of pyridine rings is 1. The number of piperidine rings is 1. The Balaban J connectivity index is 1.49. The van der Waals surface area contributed by atoms with Crippen molar-refractivity contribution < 1.29 is 4.74 Å². The lowest BCUT2D eigenvalue weighted by molar-refractivity contribution is 0.166. The zero-order valence-corrected chi connectivity index (χ0v) is 14.4. The molecule has 4 heteroatoms. The van der Waals surface area contributed by atoms with Crippen molar-refractivity contribution >= 4 is 0 Å². The van der Waals surface area contributed by atoms with Gasteiger partial charge in [-0.05, 0) is 49.9 Å². The molecule has 0 saturated carbocycles. The third-order valence-corrected chi connectivity index (χ3v) is 4.96. The van der Waals surface area contributed by atoms with Crippen LogP contribution in [0.25, 0.3) is 0 Å². The number of nitrogens with zero attached hydrogens (tertiary/aromatic N) is 2. The van der Waals surface area contributed by atoms with Gasteiger partial charge in [0.25, 0.3) is 0 Å². The first-order valence-corrected chi connectivity index (χ1v) is 8.77. The van der Waals surface area contributed by atoms with Crippen molar-refractivity contribution in [2.45, 2.75) is 31.8 Å². The SMILES string of the molecule is COc1ncccc1CN1CCC(CC(N)c2ccccc2)CC1. The lowest BCUT2D eigenvalue weighted by atomic mass is 9.88. The number of ether oxygens (including phenoxy) is 1. The second-order valence-electron chi connectivity index (χ2n) is 6.64. The van der Waals surface area contributed by atoms with Crippen molar-refractivity contribution in [2.24, 2.45) is 11.7 Å². The van der Waals surface area contributed by atoms with Crippen LogP contribution in [0.5, 0.6) is 5.88 Å². The van der Waals surface area contributed by atoms with E-state index in [1.54, 1.807) is 13.3 Å². The Labute approximate surface area is 144 Å². The monoisotopic (exact) mass is 325 g/mol. The van der Waals surface area contributed by atoms with Crippen LogP contribution < -0.4 is 10.5 Å². The van der Waals surface area contributed by atoms with Crippen LogP contribution in [0, 0.1) is 5.92 Å². The smallest absolute Gasteiger partial charge is 0.217 e. The van der Waals surface area contributed by atoms with E-state index in [1.807, 2.05) is 12.1 Å². The van der Waals surface area contributed by atoms with Gasteiger partial charge in [-0.1, -0.05) is 36.4 Å². The second kappa shape index (κ2) is 8.27. The van der Waals surface area contributed by atoms with Crippen LogP contribution in [-0.2, 0) is 6.54 Å². The van der Waals surface area contributed by atoms with Crippen molar-refractivity contribution in [3.8, 4) is 5.88 Å². The predicted molar refractivity (Wildman–Crippen MR) is 96.8 cm³/mol. The molecule has 1 fully saturated rings. The Bertz CT molecular complexity index is 624. The Kier molecular flexibility index (Phi) is 5.83. The zero-order valence-electron chi connectivity index (χ0n) is 14.4. The van der Waals surface area contributed by atoms with Gasteiger partial charge in [-0.25, -0.2) is 4.98 Å². The van der Waals surface area contributed by atoms with Gasteiger partial charge in [0.15, 0.2) is 0 Å². The number of aromatic nitrogens is 1. The van der Waals surface area contributed by atoms with Crippen LogP contribution in [0.1, 0.15) is 36.4 Å². The minimum absolute atomic E-state index is 0.154. The highest BCUT2D eigenvalue weighted by atomic mass is 16.5. The van der Waals surface area contributed by atoms with Gasteiger partial charge in [0.2, 0.25) is 5.88 Å². The number of benzene rings is 1. The molecule has 1 atom stereocenters. The molecule has 0 bridgehead atoms. The number of hydrogen-bond acceptors (Lipinski definition) is 4. The van der Waals surface area contributed by atoms with Crippen molar-refractivity contribution in [3.05, 3.63) is 59.8 Å². The molecule has 0 amide bonds. The Hall–Kier alpha value is -1.91. The summed E-state index contributed by atoms with van der Waals surface area (Å²) in [4.78, 5) is 6.78. The number of methoxy groups -OCH3 is 1. The highest BCUT2D eigenvalue weighted by molar-refractivity contribution is 5.25. The minimum atomic E-state index is 0.154. The number of likely N-dealkylation sites (tertiary alicyclic amines) is 1. The van der Waals surface area contributed by atoms with Gasteiger partial charge in [0, 0.05) is 24.3 Å². The minimum Gasteiger partial charge on any atom is -0.481 e. The fourth-order valence-electron chi connectivity index (χ4n) is 3.54. The zero-order chi connectivity index (χ0) is 16.8. The molecule has 1 aromatic heterocycles. The molecular weight excluding hydrogens is 298 g/mol. The molecule has 2 N–H and O–H groups in total. The molecule has 1 aromatic carbocycles. The predicted octanol–water partition coefficient (Wildman–Crippen LogP) is 3.39. The van der Waals surface area contributed by atoms with Crippen LogP contribution in [0.4, 0.5) is 0 Å². The van der Waals surface area contributed by atoms with E-state index in [4.69, 9.17) is 10.5 Å². The largest absolute Gasteiger partial charge is 0.481 e. The number of hydrogen-bond donors (Lipinski definition) is 1. The summed E-state index contributed by atoms with van der Waals surface area (Å²) in [6.07, 6.45) is 5.28. The van der Waals surface area contributed by atoms with Gasteiger partial charge in [-0.15, -0.1) is 0 Å². The Morgan fingerprint density at radius 2 is 1.92 bits per heavy atom. The van der Waals surface area contributed by atoms with Gasteiger partial charge >= 0.3 is 0 Å². The van der Waals surface area contributed by atoms with E-state index >= 15 is 0 Å². The molecule has 4 nitrogen and oxygen atoms in total. The van der Waals surface area contributed by atoms with E-state index in [0.717, 1.165) is 31.9 Å². The summed E-state index contributed by atoms with van der Waals surface area (Å²) in [6, 6.07) is 14.7. The summed E-state index contributed by atoms with van der Waals surface area (Å²) in [5.74, 6) is 1.46. The lowest BCUT2D eigenvalue weighted by Crippen LogP contribution is -2.34. The van der Waals surface area contributed by atoms with Crippen LogP contribution in [0.3, 0.4) is 0 Å². The fourth-order valence-corrected chi connectivity index (χ4v) is 3.54. The second-order valence-corrected chi connectivity index (χ2v) is 6.64. The van der Waals surface area contributed by atoms with Crippen molar-refractivity contribution in [3.63, 3.8) is 0 Å². The average molecular weight is 325 g/mol. The maximum atomic E-state index is 6.38. The highest BCUT2D eigenvalue weighted by Crippen LogP contribution is 2.28. The van der Waals surface area contributed by atoms with Crippen LogP contribution in [0.2, 0.25) is 0 Å². The van der Waals surface area contributed by atoms with Gasteiger partial charge in [-0.2, -0.15) is 0 Å². The van der Waals surface area contributed by atoms with Gasteiger partial charge < -0.3 is 10.5 Å². The van der Waals surface area contributed by atoms with E-state index in [9.17, 15) is 0 Å². The summed E-state index contributed by atoms with van der Waals surface area (Å²) in [5, 5.41) is 0. The van der Waals surface area contributed by atoms with Crippen molar-refractivity contribution in [2.75, 3.05) is 20.2 Å². The normalized spacial score (nSPS) is 17.6. The molecule has 0 spiro atoms. The molecule has 3 rings (SSSR count). The van der Waals surface area contributed by atoms with E-state index in [-0.39, 0.29) is 6.04 Å². The molecule has 1 aliphatic rings. The molecule has 0 aliphatic carbocycles. The van der Waals surface area contributed by atoms with E-state index < -0.39 is 0 Å². The van der Waals surface area contributed by atoms with Crippen LogP contribution in [-0.4, -0.2) is 30.1 Å². The molecule has 0 radical (unpaired) electrons. The quantitative estimate of drug-likeness (QED) is 0.884. The van der Waals surface area contributed by atoms with Crippen LogP contribution in [0.15, 0.2) is 48.7 Å². The van der Waals surface area contributed by atoms with Crippen LogP contribution >= 0.6 is 0 Å². The molecule has 1 unspecified atom stereocenters. The average Bonchev–Trinajstić information content (AvgIpc) is 2.64. The van der Waals surface area contributed by atoms with Gasteiger partial charge in [0.05, 0.1) is 7.11 Å². The highest BCUT2D eigenvalue weighted by Gasteiger charge is 2.22. The number of nitrogens with two attached hydrogens (primary N) is 1. The summed E-state index contributed by atoms with van der Waals surface area (Å²) >= 11 is 0. The molecule has 2 aromatic rings.